The zero-order chi connectivity index (χ0) is 15.1. The summed E-state index contributed by atoms with van der Waals surface area (Å²) in [5, 5.41) is 2.88. The lowest BCUT2D eigenvalue weighted by atomic mass is 10.1. The molecule has 0 atom stereocenters. The van der Waals surface area contributed by atoms with Gasteiger partial charge in [0, 0.05) is 18.8 Å². The number of rotatable bonds is 6. The molecule has 0 fully saturated rings. The lowest BCUT2D eigenvalue weighted by molar-refractivity contribution is -0.117. The van der Waals surface area contributed by atoms with E-state index in [0.29, 0.717) is 13.1 Å². The van der Waals surface area contributed by atoms with Crippen LogP contribution in [0.3, 0.4) is 0 Å². The van der Waals surface area contributed by atoms with Crippen molar-refractivity contribution >= 4 is 11.6 Å². The first-order valence-corrected chi connectivity index (χ1v) is 6.98. The molecule has 0 saturated heterocycles. The van der Waals surface area contributed by atoms with Gasteiger partial charge in [0.25, 0.3) is 0 Å². The summed E-state index contributed by atoms with van der Waals surface area (Å²) in [6.45, 7) is 1.64. The number of nitrogens with two attached hydrogens (primary N) is 1. The van der Waals surface area contributed by atoms with E-state index in [4.69, 9.17) is 5.73 Å². The van der Waals surface area contributed by atoms with Crippen LogP contribution in [0.15, 0.2) is 54.6 Å². The molecule has 0 aliphatic heterocycles. The predicted molar refractivity (Wildman–Crippen MR) is 85.7 cm³/mol. The van der Waals surface area contributed by atoms with E-state index in [1.54, 1.807) is 0 Å². The molecule has 0 aromatic heterocycles. The van der Waals surface area contributed by atoms with Crippen molar-refractivity contribution in [3.8, 4) is 0 Å². The quantitative estimate of drug-likeness (QED) is 0.854. The Kier molecular flexibility index (Phi) is 5.49. The summed E-state index contributed by atoms with van der Waals surface area (Å²) in [5.41, 5.74) is 8.68. The Morgan fingerprint density at radius 2 is 1.67 bits per heavy atom. The summed E-state index contributed by atoms with van der Waals surface area (Å²) in [7, 11) is 1.93. The standard InChI is InChI=1S/C17H21N3O/c1-20(12-15-9-7-14(11-18)8-10-15)13-17(21)19-16-5-3-2-4-6-16/h2-10H,11-13,18H2,1H3,(H,19,21). The highest BCUT2D eigenvalue weighted by molar-refractivity contribution is 5.92. The van der Waals surface area contributed by atoms with E-state index in [9.17, 15) is 4.79 Å². The van der Waals surface area contributed by atoms with Gasteiger partial charge in [-0.3, -0.25) is 9.69 Å². The molecule has 0 spiro atoms. The molecule has 0 aliphatic rings. The van der Waals surface area contributed by atoms with Crippen molar-refractivity contribution in [2.75, 3.05) is 18.9 Å². The van der Waals surface area contributed by atoms with Crippen LogP contribution < -0.4 is 11.1 Å². The Labute approximate surface area is 125 Å². The summed E-state index contributed by atoms with van der Waals surface area (Å²) < 4.78 is 0. The van der Waals surface area contributed by atoms with Crippen LogP contribution in [0.4, 0.5) is 5.69 Å². The average molecular weight is 283 g/mol. The molecule has 0 radical (unpaired) electrons. The lowest BCUT2D eigenvalue weighted by Gasteiger charge is -2.16. The molecule has 0 heterocycles. The summed E-state index contributed by atoms with van der Waals surface area (Å²) in [6.07, 6.45) is 0. The topological polar surface area (TPSA) is 58.4 Å². The molecular formula is C17H21N3O. The molecule has 4 nitrogen and oxygen atoms in total. The number of anilines is 1. The van der Waals surface area contributed by atoms with Crippen molar-refractivity contribution < 1.29 is 4.79 Å². The zero-order valence-corrected chi connectivity index (χ0v) is 12.3. The fraction of sp³-hybridized carbons (Fsp3) is 0.235. The highest BCUT2D eigenvalue weighted by Crippen LogP contribution is 2.08. The van der Waals surface area contributed by atoms with Crippen LogP contribution in [0.5, 0.6) is 0 Å². The van der Waals surface area contributed by atoms with Crippen LogP contribution in [0.2, 0.25) is 0 Å². The number of nitrogens with zero attached hydrogens (tertiary/aromatic N) is 1. The number of carbonyl (C=O) groups is 1. The molecule has 3 N–H and O–H groups in total. The Morgan fingerprint density at radius 1 is 1.05 bits per heavy atom. The van der Waals surface area contributed by atoms with Gasteiger partial charge in [0.1, 0.15) is 0 Å². The first kappa shape index (κ1) is 15.2. The maximum atomic E-state index is 11.9. The molecule has 4 heteroatoms. The highest BCUT2D eigenvalue weighted by Gasteiger charge is 2.07. The molecule has 0 bridgehead atoms. The van der Waals surface area contributed by atoms with Crippen molar-refractivity contribution in [3.05, 3.63) is 65.7 Å². The molecule has 0 aliphatic carbocycles. The second kappa shape index (κ2) is 7.57. The van der Waals surface area contributed by atoms with E-state index in [0.717, 1.165) is 17.8 Å². The number of hydrogen-bond acceptors (Lipinski definition) is 3. The number of nitrogens with one attached hydrogen (secondary N) is 1. The van der Waals surface area contributed by atoms with E-state index < -0.39 is 0 Å². The van der Waals surface area contributed by atoms with Gasteiger partial charge in [-0.25, -0.2) is 0 Å². The van der Waals surface area contributed by atoms with Crippen LogP contribution in [0.25, 0.3) is 0 Å². The van der Waals surface area contributed by atoms with Crippen LogP contribution >= 0.6 is 0 Å². The number of carbonyl (C=O) groups excluding carboxylic acids is 1. The largest absolute Gasteiger partial charge is 0.326 e. The van der Waals surface area contributed by atoms with Crippen molar-refractivity contribution in [1.82, 2.24) is 4.90 Å². The number of hydrogen-bond donors (Lipinski definition) is 2. The SMILES string of the molecule is CN(CC(=O)Nc1ccccc1)Cc1ccc(CN)cc1. The third-order valence-corrected chi connectivity index (χ3v) is 3.18. The fourth-order valence-electron chi connectivity index (χ4n) is 2.12. The Morgan fingerprint density at radius 3 is 2.29 bits per heavy atom. The maximum absolute atomic E-state index is 11.9. The average Bonchev–Trinajstić information content (AvgIpc) is 2.48. The van der Waals surface area contributed by atoms with Gasteiger partial charge in [-0.05, 0) is 30.3 Å². The number of benzene rings is 2. The van der Waals surface area contributed by atoms with Gasteiger partial charge in [0.15, 0.2) is 0 Å². The minimum absolute atomic E-state index is 0.0118. The van der Waals surface area contributed by atoms with E-state index in [1.165, 1.54) is 5.56 Å². The molecule has 2 aromatic carbocycles. The third kappa shape index (κ3) is 5.02. The van der Waals surface area contributed by atoms with E-state index in [-0.39, 0.29) is 5.91 Å². The first-order chi connectivity index (χ1) is 10.2. The molecule has 21 heavy (non-hydrogen) atoms. The zero-order valence-electron chi connectivity index (χ0n) is 12.3. The minimum atomic E-state index is -0.0118. The minimum Gasteiger partial charge on any atom is -0.326 e. The first-order valence-electron chi connectivity index (χ1n) is 6.98. The number of likely N-dealkylation sites (N-methyl/N-ethyl adjacent to an activating group) is 1. The fourth-order valence-corrected chi connectivity index (χ4v) is 2.12. The summed E-state index contributed by atoms with van der Waals surface area (Å²) in [6, 6.07) is 17.6. The molecular weight excluding hydrogens is 262 g/mol. The van der Waals surface area contributed by atoms with E-state index in [1.807, 2.05) is 66.5 Å². The molecule has 0 unspecified atom stereocenters. The van der Waals surface area contributed by atoms with Crippen molar-refractivity contribution in [2.24, 2.45) is 5.73 Å². The van der Waals surface area contributed by atoms with Gasteiger partial charge in [0.2, 0.25) is 5.91 Å². The van der Waals surface area contributed by atoms with Crippen molar-refractivity contribution in [3.63, 3.8) is 0 Å². The molecule has 2 rings (SSSR count). The van der Waals surface area contributed by atoms with Gasteiger partial charge in [-0.15, -0.1) is 0 Å². The maximum Gasteiger partial charge on any atom is 0.238 e. The molecule has 1 amide bonds. The van der Waals surface area contributed by atoms with Gasteiger partial charge in [-0.1, -0.05) is 42.5 Å². The Bertz CT molecular complexity index is 566. The smallest absolute Gasteiger partial charge is 0.238 e. The third-order valence-electron chi connectivity index (χ3n) is 3.18. The number of amides is 1. The second-order valence-corrected chi connectivity index (χ2v) is 5.11. The van der Waals surface area contributed by atoms with Gasteiger partial charge in [0.05, 0.1) is 6.54 Å². The second-order valence-electron chi connectivity index (χ2n) is 5.11. The summed E-state index contributed by atoms with van der Waals surface area (Å²) >= 11 is 0. The van der Waals surface area contributed by atoms with E-state index in [2.05, 4.69) is 5.32 Å². The van der Waals surface area contributed by atoms with Crippen LogP contribution in [-0.4, -0.2) is 24.4 Å². The monoisotopic (exact) mass is 283 g/mol. The van der Waals surface area contributed by atoms with Crippen LogP contribution in [0.1, 0.15) is 11.1 Å². The lowest BCUT2D eigenvalue weighted by Crippen LogP contribution is -2.29. The van der Waals surface area contributed by atoms with Crippen LogP contribution in [0, 0.1) is 0 Å². The highest BCUT2D eigenvalue weighted by atomic mass is 16.2. The number of para-hydroxylation sites is 1. The van der Waals surface area contributed by atoms with Gasteiger partial charge in [-0.2, -0.15) is 0 Å². The molecule has 0 saturated carbocycles. The normalized spacial score (nSPS) is 10.6. The molecule has 2 aromatic rings. The molecule has 110 valence electrons. The Hall–Kier alpha value is -2.17. The Balaban J connectivity index is 1.83. The van der Waals surface area contributed by atoms with E-state index >= 15 is 0 Å². The van der Waals surface area contributed by atoms with Crippen LogP contribution in [-0.2, 0) is 17.9 Å². The van der Waals surface area contributed by atoms with Gasteiger partial charge >= 0.3 is 0 Å². The summed E-state index contributed by atoms with van der Waals surface area (Å²) in [5.74, 6) is -0.0118. The van der Waals surface area contributed by atoms with Gasteiger partial charge < -0.3 is 11.1 Å². The predicted octanol–water partition coefficient (Wildman–Crippen LogP) is 2.22. The van der Waals surface area contributed by atoms with Crippen molar-refractivity contribution in [1.29, 1.82) is 0 Å². The van der Waals surface area contributed by atoms with Crippen molar-refractivity contribution in [2.45, 2.75) is 13.1 Å². The summed E-state index contributed by atoms with van der Waals surface area (Å²) in [4.78, 5) is 13.9.